The average molecular weight is 283 g/mol. The number of rotatable bonds is 4. The Labute approximate surface area is 122 Å². The van der Waals surface area contributed by atoms with Gasteiger partial charge in [-0.25, -0.2) is 0 Å². The molecule has 2 fully saturated rings. The lowest BCUT2D eigenvalue weighted by Crippen LogP contribution is -2.50. The fourth-order valence-corrected chi connectivity index (χ4v) is 2.75. The van der Waals surface area contributed by atoms with Gasteiger partial charge in [0.25, 0.3) is 0 Å². The average Bonchev–Trinajstić information content (AvgIpc) is 2.53. The molecule has 1 unspecified atom stereocenters. The minimum atomic E-state index is 0.466. The van der Waals surface area contributed by atoms with E-state index in [1.54, 1.807) is 0 Å². The third-order valence-electron chi connectivity index (χ3n) is 4.33. The molecule has 0 aromatic heterocycles. The third kappa shape index (κ3) is 4.33. The zero-order valence-corrected chi connectivity index (χ0v) is 12.9. The first-order valence-electron chi connectivity index (χ1n) is 7.79. The van der Waals surface area contributed by atoms with Crippen molar-refractivity contribution in [3.63, 3.8) is 0 Å². The Hall–Kier alpha value is -0.850. The highest BCUT2D eigenvalue weighted by atomic mass is 16.5. The van der Waals surface area contributed by atoms with Crippen LogP contribution in [-0.2, 0) is 4.74 Å². The maximum Gasteiger partial charge on any atom is 0.191 e. The molecule has 2 rings (SSSR count). The fourth-order valence-electron chi connectivity index (χ4n) is 2.75. The lowest BCUT2D eigenvalue weighted by molar-refractivity contribution is 0.0672. The van der Waals surface area contributed by atoms with Gasteiger partial charge in [-0.1, -0.05) is 6.92 Å². The van der Waals surface area contributed by atoms with Gasteiger partial charge in [0.05, 0.1) is 19.8 Å². The van der Waals surface area contributed by atoms with Gasteiger partial charge in [0, 0.05) is 45.3 Å². The number of piperazine rings is 1. The normalized spacial score (nSPS) is 24.9. The van der Waals surface area contributed by atoms with Gasteiger partial charge in [-0.2, -0.15) is 0 Å². The van der Waals surface area contributed by atoms with Gasteiger partial charge in [-0.15, -0.1) is 0 Å². The molecular formula is C14H29N5O. The Bertz CT molecular complexity index is 309. The number of hydrogen-bond donors (Lipinski definition) is 1. The molecule has 2 heterocycles. The number of guanidine groups is 1. The number of nitrogens with two attached hydrogens (primary N) is 1. The van der Waals surface area contributed by atoms with E-state index in [1.165, 1.54) is 13.1 Å². The molecular weight excluding hydrogens is 254 g/mol. The number of aliphatic imine (C=N–C) groups is 1. The molecule has 2 aliphatic rings. The smallest absolute Gasteiger partial charge is 0.191 e. The molecule has 6 heteroatoms. The summed E-state index contributed by atoms with van der Waals surface area (Å²) in [4.78, 5) is 11.7. The summed E-state index contributed by atoms with van der Waals surface area (Å²) in [5, 5.41) is 0. The fraction of sp³-hybridized carbons (Fsp3) is 0.929. The summed E-state index contributed by atoms with van der Waals surface area (Å²) in [6.07, 6.45) is 0. The number of ether oxygens (including phenoxy) is 1. The molecule has 0 radical (unpaired) electrons. The number of likely N-dealkylation sites (N-methyl/N-ethyl adjacent to an activating group) is 1. The highest BCUT2D eigenvalue weighted by Crippen LogP contribution is 2.06. The molecule has 20 heavy (non-hydrogen) atoms. The zero-order valence-electron chi connectivity index (χ0n) is 12.9. The third-order valence-corrected chi connectivity index (χ3v) is 4.33. The summed E-state index contributed by atoms with van der Waals surface area (Å²) in [6.45, 7) is 14.3. The van der Waals surface area contributed by atoms with Gasteiger partial charge in [0.2, 0.25) is 0 Å². The van der Waals surface area contributed by atoms with Crippen LogP contribution in [0.1, 0.15) is 13.8 Å². The summed E-state index contributed by atoms with van der Waals surface area (Å²) in [5.74, 6) is 0.673. The second-order valence-corrected chi connectivity index (χ2v) is 5.62. The number of morpholine rings is 1. The van der Waals surface area contributed by atoms with E-state index in [2.05, 4.69) is 33.5 Å². The highest BCUT2D eigenvalue weighted by Gasteiger charge is 2.20. The van der Waals surface area contributed by atoms with Crippen molar-refractivity contribution in [3.05, 3.63) is 0 Å². The van der Waals surface area contributed by atoms with Crippen LogP contribution in [0.3, 0.4) is 0 Å². The monoisotopic (exact) mass is 283 g/mol. The van der Waals surface area contributed by atoms with Crippen molar-refractivity contribution in [2.24, 2.45) is 10.7 Å². The van der Waals surface area contributed by atoms with Crippen molar-refractivity contribution < 1.29 is 4.74 Å². The Morgan fingerprint density at radius 3 is 2.40 bits per heavy atom. The van der Waals surface area contributed by atoms with E-state index in [-0.39, 0.29) is 0 Å². The van der Waals surface area contributed by atoms with E-state index in [9.17, 15) is 0 Å². The van der Waals surface area contributed by atoms with Crippen molar-refractivity contribution in [2.75, 3.05) is 65.6 Å². The van der Waals surface area contributed by atoms with Crippen LogP contribution < -0.4 is 5.73 Å². The van der Waals surface area contributed by atoms with E-state index in [4.69, 9.17) is 10.5 Å². The van der Waals surface area contributed by atoms with E-state index in [1.807, 2.05) is 0 Å². The predicted molar refractivity (Wildman–Crippen MR) is 82.0 cm³/mol. The summed E-state index contributed by atoms with van der Waals surface area (Å²) in [6, 6.07) is 0.466. The Balaban J connectivity index is 1.74. The summed E-state index contributed by atoms with van der Waals surface area (Å²) >= 11 is 0. The van der Waals surface area contributed by atoms with E-state index >= 15 is 0 Å². The van der Waals surface area contributed by atoms with E-state index in [0.29, 0.717) is 12.0 Å². The molecule has 0 aromatic rings. The Morgan fingerprint density at radius 2 is 1.80 bits per heavy atom. The van der Waals surface area contributed by atoms with Crippen molar-refractivity contribution >= 4 is 5.96 Å². The van der Waals surface area contributed by atoms with Gasteiger partial charge in [-0.3, -0.25) is 9.89 Å². The summed E-state index contributed by atoms with van der Waals surface area (Å²) < 4.78 is 5.33. The first-order valence-corrected chi connectivity index (χ1v) is 7.79. The first kappa shape index (κ1) is 15.5. The first-order chi connectivity index (χ1) is 9.70. The SMILES string of the molecule is CCN1CCN(C(C)CN=C(N)N2CCOCC2)CC1. The largest absolute Gasteiger partial charge is 0.378 e. The van der Waals surface area contributed by atoms with Crippen LogP contribution in [0.15, 0.2) is 4.99 Å². The minimum Gasteiger partial charge on any atom is -0.378 e. The number of nitrogens with zero attached hydrogens (tertiary/aromatic N) is 4. The van der Waals surface area contributed by atoms with Crippen LogP contribution in [0, 0.1) is 0 Å². The van der Waals surface area contributed by atoms with E-state index < -0.39 is 0 Å². The molecule has 6 nitrogen and oxygen atoms in total. The van der Waals surface area contributed by atoms with Crippen molar-refractivity contribution in [2.45, 2.75) is 19.9 Å². The van der Waals surface area contributed by atoms with Gasteiger partial charge in [0.15, 0.2) is 5.96 Å². The molecule has 1 atom stereocenters. The van der Waals surface area contributed by atoms with Crippen molar-refractivity contribution in [1.82, 2.24) is 14.7 Å². The van der Waals surface area contributed by atoms with Crippen LogP contribution in [0.4, 0.5) is 0 Å². The predicted octanol–water partition coefficient (Wildman–Crippen LogP) is -0.341. The molecule has 0 amide bonds. The minimum absolute atomic E-state index is 0.466. The molecule has 0 spiro atoms. The van der Waals surface area contributed by atoms with Gasteiger partial charge >= 0.3 is 0 Å². The van der Waals surface area contributed by atoms with Crippen molar-refractivity contribution in [1.29, 1.82) is 0 Å². The Kier molecular flexibility index (Phi) is 6.06. The zero-order chi connectivity index (χ0) is 14.4. The summed E-state index contributed by atoms with van der Waals surface area (Å²) in [7, 11) is 0. The highest BCUT2D eigenvalue weighted by molar-refractivity contribution is 5.78. The van der Waals surface area contributed by atoms with Gasteiger partial charge in [-0.05, 0) is 13.5 Å². The molecule has 0 aromatic carbocycles. The molecule has 2 saturated heterocycles. The molecule has 2 aliphatic heterocycles. The van der Waals surface area contributed by atoms with Gasteiger partial charge in [0.1, 0.15) is 0 Å². The maximum atomic E-state index is 6.06. The van der Waals surface area contributed by atoms with Crippen molar-refractivity contribution in [3.8, 4) is 0 Å². The standard InChI is InChI=1S/C14H29N5O/c1-3-17-4-6-18(7-5-17)13(2)12-16-14(15)19-8-10-20-11-9-19/h13H,3-12H2,1-2H3,(H2,15,16). The van der Waals surface area contributed by atoms with Crippen LogP contribution in [0.5, 0.6) is 0 Å². The lowest BCUT2D eigenvalue weighted by Gasteiger charge is -2.37. The molecule has 116 valence electrons. The van der Waals surface area contributed by atoms with Crippen LogP contribution in [0.2, 0.25) is 0 Å². The quantitative estimate of drug-likeness (QED) is 0.565. The van der Waals surface area contributed by atoms with E-state index in [0.717, 1.165) is 52.5 Å². The topological polar surface area (TPSA) is 57.3 Å². The molecule has 0 saturated carbocycles. The molecule has 2 N–H and O–H groups in total. The second-order valence-electron chi connectivity index (χ2n) is 5.62. The Morgan fingerprint density at radius 1 is 1.15 bits per heavy atom. The summed E-state index contributed by atoms with van der Waals surface area (Å²) in [5.41, 5.74) is 6.06. The maximum absolute atomic E-state index is 6.06. The van der Waals surface area contributed by atoms with Crippen LogP contribution in [0.25, 0.3) is 0 Å². The molecule has 0 aliphatic carbocycles. The number of hydrogen-bond acceptors (Lipinski definition) is 4. The lowest BCUT2D eigenvalue weighted by atomic mass is 10.2. The van der Waals surface area contributed by atoms with Gasteiger partial charge < -0.3 is 20.3 Å². The second kappa shape index (κ2) is 7.81. The van der Waals surface area contributed by atoms with Crippen LogP contribution in [-0.4, -0.2) is 92.3 Å². The molecule has 0 bridgehead atoms. The van der Waals surface area contributed by atoms with Crippen LogP contribution >= 0.6 is 0 Å².